The molecule has 0 aromatic carbocycles. The molecule has 0 fully saturated rings. The van der Waals surface area contributed by atoms with Gasteiger partial charge in [0, 0.05) is 23.6 Å². The fourth-order valence-electron chi connectivity index (χ4n) is 0.854. The predicted molar refractivity (Wildman–Crippen MR) is 108 cm³/mol. The van der Waals surface area contributed by atoms with Crippen LogP contribution in [-0.4, -0.2) is 17.8 Å². The standard InChI is InChI=1S/C11H18Br3Cl4O4P/c1-5-9(15,16)20-23(19,21-10(17,18)6-2)22-11(13,14)8(3,4)7-12/h5-7H2,1-4H3. The zero-order valence-corrected chi connectivity index (χ0v) is 21.5. The van der Waals surface area contributed by atoms with Crippen LogP contribution in [0.4, 0.5) is 0 Å². The van der Waals surface area contributed by atoms with E-state index in [1.54, 1.807) is 13.8 Å². The highest BCUT2D eigenvalue weighted by Gasteiger charge is 2.52. The van der Waals surface area contributed by atoms with Crippen LogP contribution >= 0.6 is 102 Å². The van der Waals surface area contributed by atoms with Gasteiger partial charge in [-0.15, -0.1) is 0 Å². The molecule has 0 aliphatic heterocycles. The first-order chi connectivity index (χ1) is 10.1. The highest BCUT2D eigenvalue weighted by atomic mass is 79.9. The van der Waals surface area contributed by atoms with E-state index < -0.39 is 25.7 Å². The van der Waals surface area contributed by atoms with E-state index in [9.17, 15) is 4.57 Å². The molecule has 0 unspecified atom stereocenters. The van der Waals surface area contributed by atoms with Gasteiger partial charge in [0.2, 0.25) is 9.04 Å². The summed E-state index contributed by atoms with van der Waals surface area (Å²) in [4.78, 5) is 0. The molecule has 0 aromatic rings. The molecule has 0 radical (unpaired) electrons. The SMILES string of the molecule is CCC(Cl)(Cl)OP(=O)(OC(Cl)(Cl)CC)OC(Br)(Br)C(C)(C)CBr. The Hall–Kier alpha value is 2.71. The van der Waals surface area contributed by atoms with Crippen LogP contribution in [0.5, 0.6) is 0 Å². The predicted octanol–water partition coefficient (Wildman–Crippen LogP) is 8.09. The molecule has 0 bridgehead atoms. The maximum absolute atomic E-state index is 13.1. The summed E-state index contributed by atoms with van der Waals surface area (Å²) in [5.74, 6) is 0. The number of halogens is 7. The average Bonchev–Trinajstić information content (AvgIpc) is 2.35. The quantitative estimate of drug-likeness (QED) is 0.182. The fourth-order valence-corrected chi connectivity index (χ4v) is 5.91. The summed E-state index contributed by atoms with van der Waals surface area (Å²) in [7, 11) is -4.37. The van der Waals surface area contributed by atoms with Crippen molar-refractivity contribution >= 4 is 102 Å². The van der Waals surface area contributed by atoms with E-state index in [-0.39, 0.29) is 12.8 Å². The lowest BCUT2D eigenvalue weighted by atomic mass is 9.98. The van der Waals surface area contributed by atoms with Crippen LogP contribution in [0.25, 0.3) is 0 Å². The van der Waals surface area contributed by atoms with Crippen molar-refractivity contribution in [3.05, 3.63) is 0 Å². The van der Waals surface area contributed by atoms with Crippen molar-refractivity contribution in [3.63, 3.8) is 0 Å². The van der Waals surface area contributed by atoms with Crippen LogP contribution in [-0.2, 0) is 18.1 Å². The molecule has 0 atom stereocenters. The van der Waals surface area contributed by atoms with Crippen molar-refractivity contribution < 1.29 is 18.1 Å². The van der Waals surface area contributed by atoms with Gasteiger partial charge < -0.3 is 0 Å². The van der Waals surface area contributed by atoms with E-state index in [4.69, 9.17) is 60.0 Å². The lowest BCUT2D eigenvalue weighted by Gasteiger charge is -2.39. The minimum Gasteiger partial charge on any atom is -0.257 e. The average molecular weight is 627 g/mol. The Morgan fingerprint density at radius 2 is 1.26 bits per heavy atom. The molecule has 0 heterocycles. The largest absolute Gasteiger partial charge is 0.482 e. The minimum atomic E-state index is -4.37. The summed E-state index contributed by atoms with van der Waals surface area (Å²) >= 11 is 33.7. The van der Waals surface area contributed by atoms with Gasteiger partial charge in [0.05, 0.1) is 0 Å². The molecule has 140 valence electrons. The molecule has 0 aliphatic carbocycles. The Bertz CT molecular complexity index is 427. The van der Waals surface area contributed by atoms with Gasteiger partial charge in [-0.3, -0.25) is 4.52 Å². The fraction of sp³-hybridized carbons (Fsp3) is 1.00. The van der Waals surface area contributed by atoms with Crippen LogP contribution in [0.15, 0.2) is 0 Å². The zero-order chi connectivity index (χ0) is 18.7. The second-order valence-electron chi connectivity index (χ2n) is 5.24. The summed E-state index contributed by atoms with van der Waals surface area (Å²) in [5.41, 5.74) is -0.587. The topological polar surface area (TPSA) is 44.8 Å². The number of hydrogen-bond acceptors (Lipinski definition) is 4. The number of phosphoric ester groups is 1. The van der Waals surface area contributed by atoms with Crippen LogP contribution < -0.4 is 0 Å². The maximum atomic E-state index is 13.1. The van der Waals surface area contributed by atoms with Crippen LogP contribution in [0.3, 0.4) is 0 Å². The van der Waals surface area contributed by atoms with E-state index >= 15 is 0 Å². The Labute approximate surface area is 182 Å². The van der Waals surface area contributed by atoms with Gasteiger partial charge in [-0.25, -0.2) is 13.6 Å². The summed E-state index contributed by atoms with van der Waals surface area (Å²) in [5, 5.41) is 0.484. The molecular formula is C11H18Br3Cl4O4P. The second kappa shape index (κ2) is 9.27. The number of phosphoric acid groups is 1. The highest BCUT2D eigenvalue weighted by Crippen LogP contribution is 2.65. The Kier molecular flexibility index (Phi) is 10.4. The highest BCUT2D eigenvalue weighted by molar-refractivity contribution is 9.25. The van der Waals surface area contributed by atoms with Gasteiger partial charge in [0.15, 0.2) is 3.42 Å². The molecule has 4 nitrogen and oxygen atoms in total. The molecule has 23 heavy (non-hydrogen) atoms. The molecule has 0 saturated heterocycles. The van der Waals surface area contributed by atoms with Gasteiger partial charge >= 0.3 is 7.82 Å². The summed E-state index contributed by atoms with van der Waals surface area (Å²) < 4.78 is 24.1. The molecule has 0 spiro atoms. The van der Waals surface area contributed by atoms with Gasteiger partial charge in [-0.1, -0.05) is 90.0 Å². The first-order valence-corrected chi connectivity index (χ1v) is 12.1. The maximum Gasteiger partial charge on any atom is 0.482 e. The molecule has 12 heteroatoms. The summed E-state index contributed by atoms with van der Waals surface area (Å²) in [6.45, 7) is 6.94. The lowest BCUT2D eigenvalue weighted by molar-refractivity contribution is 0.0348. The molecular weight excluding hydrogens is 609 g/mol. The van der Waals surface area contributed by atoms with E-state index in [1.165, 1.54) is 0 Å². The molecule has 0 aliphatic rings. The third kappa shape index (κ3) is 8.50. The van der Waals surface area contributed by atoms with Crippen LogP contribution in [0.2, 0.25) is 0 Å². The van der Waals surface area contributed by atoms with Crippen molar-refractivity contribution in [1.82, 2.24) is 0 Å². The van der Waals surface area contributed by atoms with Crippen molar-refractivity contribution in [1.29, 1.82) is 0 Å². The second-order valence-corrected chi connectivity index (χ2v) is 13.4. The smallest absolute Gasteiger partial charge is 0.257 e. The van der Waals surface area contributed by atoms with E-state index in [0.717, 1.165) is 0 Å². The monoisotopic (exact) mass is 622 g/mol. The Balaban J connectivity index is 5.66. The van der Waals surface area contributed by atoms with Crippen molar-refractivity contribution in [2.75, 3.05) is 5.33 Å². The van der Waals surface area contributed by atoms with Crippen LogP contribution in [0.1, 0.15) is 40.5 Å². The molecule has 0 aromatic heterocycles. The first kappa shape index (κ1) is 25.7. The number of alkyl halides is 7. The third-order valence-electron chi connectivity index (χ3n) is 2.66. The Morgan fingerprint density at radius 1 is 0.913 bits per heavy atom. The van der Waals surface area contributed by atoms with Crippen molar-refractivity contribution in [3.8, 4) is 0 Å². The van der Waals surface area contributed by atoms with Gasteiger partial charge in [0.25, 0.3) is 0 Å². The van der Waals surface area contributed by atoms with Crippen molar-refractivity contribution in [2.45, 2.75) is 53.0 Å². The van der Waals surface area contributed by atoms with Gasteiger partial charge in [-0.05, 0) is 31.9 Å². The molecule has 0 rings (SSSR count). The number of rotatable bonds is 10. The zero-order valence-electron chi connectivity index (χ0n) is 12.8. The van der Waals surface area contributed by atoms with E-state index in [0.29, 0.717) is 5.33 Å². The van der Waals surface area contributed by atoms with E-state index in [2.05, 4.69) is 47.8 Å². The van der Waals surface area contributed by atoms with Gasteiger partial charge in [0.1, 0.15) is 0 Å². The normalized spacial score (nSPS) is 15.1. The Morgan fingerprint density at radius 3 is 1.52 bits per heavy atom. The number of hydrogen-bond donors (Lipinski definition) is 0. The third-order valence-corrected chi connectivity index (χ3v) is 10.4. The molecule has 0 N–H and O–H groups in total. The van der Waals surface area contributed by atoms with Gasteiger partial charge in [-0.2, -0.15) is 0 Å². The van der Waals surface area contributed by atoms with E-state index in [1.807, 2.05) is 13.8 Å². The molecule has 0 amide bonds. The molecule has 0 saturated carbocycles. The lowest BCUT2D eigenvalue weighted by Crippen LogP contribution is -2.38. The van der Waals surface area contributed by atoms with Crippen LogP contribution in [0, 0.1) is 5.41 Å². The first-order valence-electron chi connectivity index (χ1n) is 6.47. The summed E-state index contributed by atoms with van der Waals surface area (Å²) in [6, 6.07) is 0. The summed E-state index contributed by atoms with van der Waals surface area (Å²) in [6.07, 6.45) is 0.242. The minimum absolute atomic E-state index is 0.121. The van der Waals surface area contributed by atoms with Crippen molar-refractivity contribution in [2.24, 2.45) is 5.41 Å².